The molecule has 0 unspecified atom stereocenters. The van der Waals surface area contributed by atoms with Crippen molar-refractivity contribution < 1.29 is 9.18 Å². The summed E-state index contributed by atoms with van der Waals surface area (Å²) in [6.07, 6.45) is 3.54. The van der Waals surface area contributed by atoms with Crippen molar-refractivity contribution in [3.05, 3.63) is 83.2 Å². The van der Waals surface area contributed by atoms with Gasteiger partial charge in [0.25, 0.3) is 5.91 Å². The zero-order valence-corrected chi connectivity index (χ0v) is 15.2. The number of nitrogens with zero attached hydrogens (tertiary/aromatic N) is 3. The number of hydrogen-bond donors (Lipinski definition) is 1. The maximum absolute atomic E-state index is 13.1. The van der Waals surface area contributed by atoms with E-state index in [4.69, 9.17) is 0 Å². The zero-order valence-electron chi connectivity index (χ0n) is 14.4. The lowest BCUT2D eigenvalue weighted by atomic mass is 10.1. The Hall–Kier alpha value is -3.32. The van der Waals surface area contributed by atoms with E-state index in [1.54, 1.807) is 35.1 Å². The molecule has 0 saturated carbocycles. The highest BCUT2D eigenvalue weighted by molar-refractivity contribution is 7.16. The smallest absolute Gasteiger partial charge is 0.257 e. The van der Waals surface area contributed by atoms with E-state index in [9.17, 15) is 9.18 Å². The van der Waals surface area contributed by atoms with Gasteiger partial charge in [-0.3, -0.25) is 10.1 Å². The standard InChI is InChI=1S/C20H15FN4OS/c1-13-18(14-3-7-16(21)8-4-14)23-20(27-13)24-19(26)15-5-9-17(10-6-15)25-12-2-11-22-25/h2-12H,1H3,(H,23,24,26). The molecule has 2 aromatic carbocycles. The van der Waals surface area contributed by atoms with E-state index in [2.05, 4.69) is 15.4 Å². The molecule has 7 heteroatoms. The molecule has 0 aliphatic heterocycles. The van der Waals surface area contributed by atoms with Crippen LogP contribution < -0.4 is 5.32 Å². The SMILES string of the molecule is Cc1sc(NC(=O)c2ccc(-n3cccn3)cc2)nc1-c1ccc(F)cc1. The Morgan fingerprint density at radius 3 is 2.52 bits per heavy atom. The molecule has 2 aromatic heterocycles. The van der Waals surface area contributed by atoms with Crippen molar-refractivity contribution in [3.8, 4) is 16.9 Å². The second-order valence-electron chi connectivity index (χ2n) is 5.88. The van der Waals surface area contributed by atoms with E-state index in [1.165, 1.54) is 23.5 Å². The predicted molar refractivity (Wildman–Crippen MR) is 104 cm³/mol. The number of nitrogens with one attached hydrogen (secondary N) is 1. The lowest BCUT2D eigenvalue weighted by Crippen LogP contribution is -2.11. The van der Waals surface area contributed by atoms with E-state index in [0.717, 1.165) is 21.8 Å². The van der Waals surface area contributed by atoms with Gasteiger partial charge in [-0.2, -0.15) is 5.10 Å². The lowest BCUT2D eigenvalue weighted by Gasteiger charge is -2.04. The number of anilines is 1. The van der Waals surface area contributed by atoms with Crippen LogP contribution in [0.2, 0.25) is 0 Å². The van der Waals surface area contributed by atoms with Crippen LogP contribution in [0.4, 0.5) is 9.52 Å². The van der Waals surface area contributed by atoms with Gasteiger partial charge in [-0.1, -0.05) is 0 Å². The van der Waals surface area contributed by atoms with Gasteiger partial charge < -0.3 is 0 Å². The summed E-state index contributed by atoms with van der Waals surface area (Å²) in [5.74, 6) is -0.528. The molecule has 1 amide bonds. The molecule has 0 aliphatic carbocycles. The van der Waals surface area contributed by atoms with Crippen molar-refractivity contribution in [3.63, 3.8) is 0 Å². The molecule has 0 aliphatic rings. The van der Waals surface area contributed by atoms with E-state index in [1.807, 2.05) is 31.3 Å². The maximum atomic E-state index is 13.1. The highest BCUT2D eigenvalue weighted by atomic mass is 32.1. The molecule has 134 valence electrons. The fourth-order valence-electron chi connectivity index (χ4n) is 2.68. The highest BCUT2D eigenvalue weighted by Gasteiger charge is 2.13. The van der Waals surface area contributed by atoms with Crippen LogP contribution in [0.3, 0.4) is 0 Å². The van der Waals surface area contributed by atoms with Crippen LogP contribution in [0, 0.1) is 12.7 Å². The molecule has 2 heterocycles. The van der Waals surface area contributed by atoms with Gasteiger partial charge in [-0.15, -0.1) is 11.3 Å². The molecule has 27 heavy (non-hydrogen) atoms. The Morgan fingerprint density at radius 1 is 1.11 bits per heavy atom. The third kappa shape index (κ3) is 3.63. The van der Waals surface area contributed by atoms with E-state index in [-0.39, 0.29) is 11.7 Å². The van der Waals surface area contributed by atoms with Crippen LogP contribution in [0.5, 0.6) is 0 Å². The number of aromatic nitrogens is 3. The van der Waals surface area contributed by atoms with Crippen molar-refractivity contribution in [2.75, 3.05) is 5.32 Å². The summed E-state index contributed by atoms with van der Waals surface area (Å²) < 4.78 is 14.8. The summed E-state index contributed by atoms with van der Waals surface area (Å²) >= 11 is 1.39. The zero-order chi connectivity index (χ0) is 18.8. The summed E-state index contributed by atoms with van der Waals surface area (Å²) in [5.41, 5.74) is 2.96. The van der Waals surface area contributed by atoms with Crippen molar-refractivity contribution in [1.82, 2.24) is 14.8 Å². The normalized spacial score (nSPS) is 10.7. The Kier molecular flexibility index (Phi) is 4.52. The van der Waals surface area contributed by atoms with Crippen LogP contribution in [0.1, 0.15) is 15.2 Å². The number of rotatable bonds is 4. The number of thiazole rings is 1. The molecule has 0 fully saturated rings. The minimum absolute atomic E-state index is 0.235. The van der Waals surface area contributed by atoms with Crippen LogP contribution in [0.15, 0.2) is 67.0 Å². The Balaban J connectivity index is 1.51. The van der Waals surface area contributed by atoms with Gasteiger partial charge in [0.05, 0.1) is 11.4 Å². The maximum Gasteiger partial charge on any atom is 0.257 e. The Labute approximate surface area is 159 Å². The second-order valence-corrected chi connectivity index (χ2v) is 7.09. The molecule has 4 rings (SSSR count). The lowest BCUT2D eigenvalue weighted by molar-refractivity contribution is 0.102. The fourth-order valence-corrected chi connectivity index (χ4v) is 3.51. The van der Waals surface area contributed by atoms with Crippen molar-refractivity contribution in [1.29, 1.82) is 0 Å². The largest absolute Gasteiger partial charge is 0.298 e. The first-order valence-corrected chi connectivity index (χ1v) is 9.06. The van der Waals surface area contributed by atoms with Crippen LogP contribution in [-0.4, -0.2) is 20.7 Å². The summed E-state index contributed by atoms with van der Waals surface area (Å²) in [5, 5.41) is 7.49. The Morgan fingerprint density at radius 2 is 1.85 bits per heavy atom. The minimum atomic E-state index is -0.293. The molecule has 5 nitrogen and oxygen atoms in total. The third-order valence-corrected chi connectivity index (χ3v) is 4.92. The number of aryl methyl sites for hydroxylation is 1. The molecule has 4 aromatic rings. The third-order valence-electron chi connectivity index (χ3n) is 4.03. The molecule has 0 radical (unpaired) electrons. The molecular formula is C20H15FN4OS. The van der Waals surface area contributed by atoms with Crippen molar-refractivity contribution >= 4 is 22.4 Å². The number of amides is 1. The topological polar surface area (TPSA) is 59.8 Å². The van der Waals surface area contributed by atoms with E-state index >= 15 is 0 Å². The average molecular weight is 378 g/mol. The average Bonchev–Trinajstić information content (AvgIpc) is 3.33. The molecule has 0 bridgehead atoms. The fraction of sp³-hybridized carbons (Fsp3) is 0.0500. The first-order chi connectivity index (χ1) is 13.1. The van der Waals surface area contributed by atoms with Crippen molar-refractivity contribution in [2.24, 2.45) is 0 Å². The van der Waals surface area contributed by atoms with Gasteiger partial charge in [-0.05, 0) is 61.5 Å². The molecule has 0 saturated heterocycles. The number of halogens is 1. The highest BCUT2D eigenvalue weighted by Crippen LogP contribution is 2.30. The number of benzene rings is 2. The molecule has 0 spiro atoms. The summed E-state index contributed by atoms with van der Waals surface area (Å²) in [6, 6.07) is 15.1. The monoisotopic (exact) mass is 378 g/mol. The molecular weight excluding hydrogens is 363 g/mol. The molecule has 0 atom stereocenters. The van der Waals surface area contributed by atoms with Gasteiger partial charge in [0.2, 0.25) is 0 Å². The van der Waals surface area contributed by atoms with E-state index < -0.39 is 0 Å². The first-order valence-electron chi connectivity index (χ1n) is 8.25. The predicted octanol–water partition coefficient (Wildman–Crippen LogP) is 4.70. The van der Waals surface area contributed by atoms with E-state index in [0.29, 0.717) is 10.7 Å². The van der Waals surface area contributed by atoms with Crippen LogP contribution in [0.25, 0.3) is 16.9 Å². The van der Waals surface area contributed by atoms with Gasteiger partial charge in [0, 0.05) is 28.4 Å². The summed E-state index contributed by atoms with van der Waals surface area (Å²) in [4.78, 5) is 17.9. The number of hydrogen-bond acceptors (Lipinski definition) is 4. The first kappa shape index (κ1) is 17.1. The van der Waals surface area contributed by atoms with Gasteiger partial charge in [-0.25, -0.2) is 14.1 Å². The second kappa shape index (κ2) is 7.13. The van der Waals surface area contributed by atoms with Gasteiger partial charge in [0.15, 0.2) is 5.13 Å². The summed E-state index contributed by atoms with van der Waals surface area (Å²) in [6.45, 7) is 1.92. The van der Waals surface area contributed by atoms with Crippen LogP contribution in [-0.2, 0) is 0 Å². The van der Waals surface area contributed by atoms with Gasteiger partial charge >= 0.3 is 0 Å². The number of carbonyl (C=O) groups is 1. The number of carbonyl (C=O) groups excluding carboxylic acids is 1. The quantitative estimate of drug-likeness (QED) is 0.560. The van der Waals surface area contributed by atoms with Crippen LogP contribution >= 0.6 is 11.3 Å². The molecule has 1 N–H and O–H groups in total. The minimum Gasteiger partial charge on any atom is -0.298 e. The van der Waals surface area contributed by atoms with Crippen molar-refractivity contribution in [2.45, 2.75) is 6.92 Å². The Bertz CT molecular complexity index is 1070. The summed E-state index contributed by atoms with van der Waals surface area (Å²) in [7, 11) is 0. The van der Waals surface area contributed by atoms with Gasteiger partial charge in [0.1, 0.15) is 5.82 Å².